The molecule has 0 aliphatic rings. The second kappa shape index (κ2) is 18.0. The molecule has 0 spiro atoms. The molecule has 6 rings (SSSR count). The number of benzene rings is 3. The predicted molar refractivity (Wildman–Crippen MR) is 193 cm³/mol. The SMILES string of the molecule is COC(=O)c1cc2c(OC)c(C=O)cc(OC)c2o1.COC(=O)c1cc2c(OC)cc(C=O)c(OC)c2o1.COC(=O)c1cc2c(OC)ccc(OC)c2o1. The number of carbonyl (C=O) groups is 5. The van der Waals surface area contributed by atoms with Gasteiger partial charge < -0.3 is 55.9 Å². The number of furan rings is 3. The van der Waals surface area contributed by atoms with E-state index in [1.807, 2.05) is 0 Å². The van der Waals surface area contributed by atoms with Crippen LogP contribution >= 0.6 is 0 Å². The molecule has 0 fully saturated rings. The Bertz CT molecular complexity index is 2200. The number of esters is 3. The third kappa shape index (κ3) is 8.09. The molecule has 0 atom stereocenters. The predicted octanol–water partition coefficient (Wildman–Crippen LogP) is 6.33. The Morgan fingerprint density at radius 1 is 0.436 bits per heavy atom. The highest BCUT2D eigenvalue weighted by Crippen LogP contribution is 2.40. The lowest BCUT2D eigenvalue weighted by atomic mass is 10.1. The Morgan fingerprint density at radius 2 is 0.818 bits per heavy atom. The standard InChI is InChI=1S/2C13H12O6.C12H12O5/c1-16-9-4-7(6-14)11(17-2)8-5-10(13(15)18-3)19-12(8)9;1-16-9-4-7(6-14)11(17-2)12-8(9)5-10(19-12)13(15)18-3;1-14-8-4-5-9(15-2)11-7(8)6-10(17-11)12(13)16-3/h2*4-6H,1-3H3;4-6H,1-3H3. The number of fused-ring (bicyclic) bond motifs is 3. The summed E-state index contributed by atoms with van der Waals surface area (Å²) in [5.74, 6) is 0.844. The second-order valence-corrected chi connectivity index (χ2v) is 10.6. The van der Waals surface area contributed by atoms with E-state index >= 15 is 0 Å². The first-order valence-corrected chi connectivity index (χ1v) is 15.7. The van der Waals surface area contributed by atoms with Gasteiger partial charge in [-0.05, 0) is 24.3 Å². The summed E-state index contributed by atoms with van der Waals surface area (Å²) in [6.07, 6.45) is 1.27. The number of ether oxygens (including phenoxy) is 9. The van der Waals surface area contributed by atoms with E-state index in [0.717, 1.165) is 0 Å². The molecule has 290 valence electrons. The van der Waals surface area contributed by atoms with Gasteiger partial charge in [0.1, 0.15) is 17.2 Å². The van der Waals surface area contributed by atoms with Crippen LogP contribution in [0.5, 0.6) is 34.5 Å². The van der Waals surface area contributed by atoms with Gasteiger partial charge in [-0.25, -0.2) is 14.4 Å². The molecule has 0 unspecified atom stereocenters. The van der Waals surface area contributed by atoms with Crippen LogP contribution in [0.15, 0.2) is 55.7 Å². The molecular formula is C38H36O17. The fourth-order valence-electron chi connectivity index (χ4n) is 5.28. The van der Waals surface area contributed by atoms with Crippen molar-refractivity contribution in [3.05, 3.63) is 70.9 Å². The van der Waals surface area contributed by atoms with E-state index in [2.05, 4.69) is 14.2 Å². The van der Waals surface area contributed by atoms with Crippen LogP contribution in [0.2, 0.25) is 0 Å². The molecular weight excluding hydrogens is 728 g/mol. The highest BCUT2D eigenvalue weighted by Gasteiger charge is 2.23. The van der Waals surface area contributed by atoms with Crippen LogP contribution in [0.3, 0.4) is 0 Å². The van der Waals surface area contributed by atoms with Gasteiger partial charge in [-0.1, -0.05) is 0 Å². The van der Waals surface area contributed by atoms with E-state index in [9.17, 15) is 24.0 Å². The highest BCUT2D eigenvalue weighted by molar-refractivity contribution is 6.02. The van der Waals surface area contributed by atoms with E-state index in [-0.39, 0.29) is 34.2 Å². The molecule has 17 heteroatoms. The van der Waals surface area contributed by atoms with Gasteiger partial charge in [-0.3, -0.25) is 9.59 Å². The first-order chi connectivity index (χ1) is 26.5. The Hall–Kier alpha value is -7.17. The zero-order valence-electron chi connectivity index (χ0n) is 31.1. The molecule has 0 N–H and O–H groups in total. The van der Waals surface area contributed by atoms with Crippen LogP contribution < -0.4 is 28.4 Å². The van der Waals surface area contributed by atoms with Crippen LogP contribution in [0.1, 0.15) is 52.4 Å². The zero-order chi connectivity index (χ0) is 40.4. The Morgan fingerprint density at radius 3 is 1.25 bits per heavy atom. The summed E-state index contributed by atoms with van der Waals surface area (Å²) in [5, 5.41) is 1.68. The molecule has 3 aromatic carbocycles. The Balaban J connectivity index is 0.000000184. The molecule has 0 bridgehead atoms. The van der Waals surface area contributed by atoms with Crippen LogP contribution in [0, 0.1) is 0 Å². The van der Waals surface area contributed by atoms with Crippen LogP contribution in [0.25, 0.3) is 32.9 Å². The van der Waals surface area contributed by atoms with Gasteiger partial charge in [0.15, 0.2) is 46.6 Å². The number of aldehydes is 2. The van der Waals surface area contributed by atoms with Gasteiger partial charge in [0.25, 0.3) is 0 Å². The van der Waals surface area contributed by atoms with Crippen molar-refractivity contribution in [1.82, 2.24) is 0 Å². The molecule has 0 saturated carbocycles. The van der Waals surface area contributed by atoms with Crippen LogP contribution in [0.4, 0.5) is 0 Å². The summed E-state index contributed by atoms with van der Waals surface area (Å²) in [4.78, 5) is 56.4. The number of hydrogen-bond acceptors (Lipinski definition) is 17. The van der Waals surface area contributed by atoms with E-state index in [1.54, 1.807) is 25.3 Å². The maximum atomic E-state index is 11.5. The van der Waals surface area contributed by atoms with Crippen molar-refractivity contribution >= 4 is 63.4 Å². The van der Waals surface area contributed by atoms with Crippen molar-refractivity contribution in [2.24, 2.45) is 0 Å². The molecule has 0 amide bonds. The summed E-state index contributed by atoms with van der Waals surface area (Å²) in [5.41, 5.74) is 1.64. The molecule has 0 saturated heterocycles. The summed E-state index contributed by atoms with van der Waals surface area (Å²) in [6, 6.07) is 11.0. The van der Waals surface area contributed by atoms with E-state index < -0.39 is 17.9 Å². The maximum absolute atomic E-state index is 11.5. The van der Waals surface area contributed by atoms with Crippen molar-refractivity contribution < 1.29 is 79.9 Å². The lowest BCUT2D eigenvalue weighted by Gasteiger charge is -2.07. The largest absolute Gasteiger partial charge is 0.496 e. The summed E-state index contributed by atoms with van der Waals surface area (Å²) in [7, 11) is 12.6. The average Bonchev–Trinajstić information content (AvgIpc) is 3.99. The summed E-state index contributed by atoms with van der Waals surface area (Å²) >= 11 is 0. The Labute approximate surface area is 312 Å². The first-order valence-electron chi connectivity index (χ1n) is 15.7. The summed E-state index contributed by atoms with van der Waals surface area (Å²) in [6.45, 7) is 0. The smallest absolute Gasteiger partial charge is 0.373 e. The van der Waals surface area contributed by atoms with Gasteiger partial charge in [0.2, 0.25) is 17.3 Å². The van der Waals surface area contributed by atoms with Gasteiger partial charge in [0, 0.05) is 18.2 Å². The molecule has 0 aliphatic carbocycles. The molecule has 6 aromatic rings. The van der Waals surface area contributed by atoms with Crippen LogP contribution in [-0.4, -0.2) is 94.5 Å². The molecule has 55 heavy (non-hydrogen) atoms. The quantitative estimate of drug-likeness (QED) is 0.0801. The van der Waals surface area contributed by atoms with E-state index in [1.165, 1.54) is 81.1 Å². The van der Waals surface area contributed by atoms with Gasteiger partial charge >= 0.3 is 17.9 Å². The molecule has 0 radical (unpaired) electrons. The third-order valence-electron chi connectivity index (χ3n) is 7.81. The van der Waals surface area contributed by atoms with Crippen molar-refractivity contribution in [2.75, 3.05) is 64.0 Å². The second-order valence-electron chi connectivity index (χ2n) is 10.6. The minimum atomic E-state index is -0.618. The molecule has 0 aliphatic heterocycles. The number of hydrogen-bond donors (Lipinski definition) is 0. The zero-order valence-corrected chi connectivity index (χ0v) is 31.1. The lowest BCUT2D eigenvalue weighted by molar-refractivity contribution is 0.0559. The molecule has 17 nitrogen and oxygen atoms in total. The maximum Gasteiger partial charge on any atom is 0.373 e. The topological polar surface area (TPSA) is 208 Å². The number of methoxy groups -OCH3 is 9. The molecule has 3 aromatic heterocycles. The number of rotatable bonds is 11. The van der Waals surface area contributed by atoms with Gasteiger partial charge in [-0.2, -0.15) is 0 Å². The minimum absolute atomic E-state index is 0.0112. The molecule has 3 heterocycles. The fraction of sp³-hybridized carbons (Fsp3) is 0.237. The summed E-state index contributed by atoms with van der Waals surface area (Å²) < 4.78 is 60.9. The average molecular weight is 765 g/mol. The highest BCUT2D eigenvalue weighted by atomic mass is 16.6. The minimum Gasteiger partial charge on any atom is -0.496 e. The van der Waals surface area contributed by atoms with Crippen molar-refractivity contribution in [1.29, 1.82) is 0 Å². The monoisotopic (exact) mass is 764 g/mol. The van der Waals surface area contributed by atoms with E-state index in [4.69, 9.17) is 41.7 Å². The Kier molecular flexibility index (Phi) is 13.3. The fourth-order valence-corrected chi connectivity index (χ4v) is 5.28. The van der Waals surface area contributed by atoms with Crippen molar-refractivity contribution in [3.63, 3.8) is 0 Å². The van der Waals surface area contributed by atoms with Crippen molar-refractivity contribution in [2.45, 2.75) is 0 Å². The van der Waals surface area contributed by atoms with Gasteiger partial charge in [-0.15, -0.1) is 0 Å². The van der Waals surface area contributed by atoms with Gasteiger partial charge in [0.05, 0.1) is 91.3 Å². The third-order valence-corrected chi connectivity index (χ3v) is 7.81. The number of carbonyl (C=O) groups excluding carboxylic acids is 5. The van der Waals surface area contributed by atoms with Crippen LogP contribution in [-0.2, 0) is 14.2 Å². The lowest BCUT2D eigenvalue weighted by Crippen LogP contribution is -1.98. The van der Waals surface area contributed by atoms with Crippen molar-refractivity contribution in [3.8, 4) is 34.5 Å². The first kappa shape index (κ1) is 40.6. The normalized spacial score (nSPS) is 10.3. The van der Waals surface area contributed by atoms with E-state index in [0.29, 0.717) is 74.2 Å².